The summed E-state index contributed by atoms with van der Waals surface area (Å²) in [5.74, 6) is -3.22. The van der Waals surface area contributed by atoms with Gasteiger partial charge in [0.05, 0.1) is 17.6 Å². The van der Waals surface area contributed by atoms with Crippen molar-refractivity contribution in [3.63, 3.8) is 0 Å². The summed E-state index contributed by atoms with van der Waals surface area (Å²) in [7, 11) is -10.2. The second-order valence-corrected chi connectivity index (χ2v) is 15.9. The second-order valence-electron chi connectivity index (χ2n) is 11.4. The van der Waals surface area contributed by atoms with Crippen molar-refractivity contribution in [2.75, 3.05) is 22.5 Å². The summed E-state index contributed by atoms with van der Waals surface area (Å²) in [6, 6.07) is 9.09. The number of halogens is 4. The first-order chi connectivity index (χ1) is 25.9. The molecule has 1 aromatic heterocycles. The number of anilines is 5. The highest BCUT2D eigenvalue weighted by atomic mass is 35.5. The van der Waals surface area contributed by atoms with Crippen molar-refractivity contribution in [1.29, 1.82) is 0 Å². The fourth-order valence-corrected chi connectivity index (χ4v) is 7.68. The Labute approximate surface area is 319 Å². The Hall–Kier alpha value is -5.14. The minimum Gasteiger partial charge on any atom is -0.768 e. The summed E-state index contributed by atoms with van der Waals surface area (Å²) in [6.07, 6.45) is -1.16. The van der Waals surface area contributed by atoms with Gasteiger partial charge in [-0.15, -0.1) is 0 Å². The molecule has 3 aliphatic rings. The number of benzene rings is 4. The Morgan fingerprint density at radius 1 is 0.927 bits per heavy atom. The molecule has 0 amide bonds. The summed E-state index contributed by atoms with van der Waals surface area (Å²) < 4.78 is 132. The van der Waals surface area contributed by atoms with Crippen molar-refractivity contribution in [2.45, 2.75) is 27.7 Å². The quantitative estimate of drug-likeness (QED) is 0.0688. The molecule has 0 saturated carbocycles. The van der Waals surface area contributed by atoms with Crippen molar-refractivity contribution < 1.29 is 52.6 Å². The SMILES string of the molecule is CC(CN=c1ccc2nc3c(Cl)c4c(c(Cl)c3oc-2c1S(=O)(=O)O)Nc1ccc(F)c(S(=O)(=O)O)c1O4)Nc1nc(F)nc(Nc2ccc(S(=O)[O-])cc2)n1. The van der Waals surface area contributed by atoms with E-state index >= 15 is 0 Å². The standard InChI is InChI=1S/C30H20Cl2F2N8O10S3/c1-11(36-29-40-28(34)41-30(42-29)37-12-2-4-13(5-3-12)53(43)44)10-35-17-9-8-16-23(27(17)55(48,49)50)52-25-19(32)20-24(18(31)21(25)39-16)51-22-15(38-20)7-6-14(33)26(22)54(45,46)47/h2-9,11,38H,10H2,1H3,(H,43,44)(H,45,46,47)(H,48,49,50)(H2,36,37,40,41,42)/p-1. The third kappa shape index (κ3) is 7.47. The molecule has 5 N–H and O–H groups in total. The molecule has 2 atom stereocenters. The smallest absolute Gasteiger partial charge is 0.315 e. The summed E-state index contributed by atoms with van der Waals surface area (Å²) in [6.45, 7) is 1.38. The molecule has 1 aliphatic carbocycles. The third-order valence-corrected chi connectivity index (χ3v) is 10.8. The molecule has 3 aromatic carbocycles. The molecule has 0 bridgehead atoms. The van der Waals surface area contributed by atoms with Gasteiger partial charge in [0, 0.05) is 16.6 Å². The van der Waals surface area contributed by atoms with Crippen LogP contribution in [0.5, 0.6) is 11.5 Å². The molecule has 55 heavy (non-hydrogen) atoms. The number of rotatable bonds is 9. The van der Waals surface area contributed by atoms with Crippen LogP contribution in [0.4, 0.5) is 37.7 Å². The van der Waals surface area contributed by atoms with Crippen LogP contribution in [0.25, 0.3) is 22.6 Å². The Morgan fingerprint density at radius 2 is 1.62 bits per heavy atom. The molecular weight excluding hydrogens is 837 g/mol. The van der Waals surface area contributed by atoms with Gasteiger partial charge < -0.3 is 29.7 Å². The molecule has 0 saturated heterocycles. The molecule has 2 aliphatic heterocycles. The van der Waals surface area contributed by atoms with E-state index in [9.17, 15) is 43.5 Å². The van der Waals surface area contributed by atoms with Gasteiger partial charge in [0.25, 0.3) is 0 Å². The number of hydrogen-bond donors (Lipinski definition) is 5. The number of nitrogens with zero attached hydrogens (tertiary/aromatic N) is 5. The maximum atomic E-state index is 14.5. The lowest BCUT2D eigenvalue weighted by molar-refractivity contribution is 0.433. The summed E-state index contributed by atoms with van der Waals surface area (Å²) in [5.41, 5.74) is -0.626. The van der Waals surface area contributed by atoms with E-state index in [1.54, 1.807) is 6.92 Å². The number of ether oxygens (including phenoxy) is 1. The molecule has 25 heteroatoms. The molecule has 7 rings (SSSR count). The van der Waals surface area contributed by atoms with Crippen LogP contribution in [-0.2, 0) is 31.3 Å². The molecule has 2 unspecified atom stereocenters. The molecule has 0 fully saturated rings. The minimum absolute atomic E-state index is 0.0284. The lowest BCUT2D eigenvalue weighted by Crippen LogP contribution is -2.24. The van der Waals surface area contributed by atoms with Crippen LogP contribution < -0.4 is 26.0 Å². The highest BCUT2D eigenvalue weighted by Gasteiger charge is 2.34. The molecule has 3 heterocycles. The van der Waals surface area contributed by atoms with Gasteiger partial charge in [0.2, 0.25) is 11.9 Å². The monoisotopic (exact) mass is 855 g/mol. The van der Waals surface area contributed by atoms with Gasteiger partial charge in [-0.25, -0.2) is 9.37 Å². The molecule has 4 aromatic rings. The van der Waals surface area contributed by atoms with E-state index in [-0.39, 0.29) is 72.7 Å². The average Bonchev–Trinajstić information content (AvgIpc) is 3.10. The van der Waals surface area contributed by atoms with Gasteiger partial charge in [-0.2, -0.15) is 36.2 Å². The largest absolute Gasteiger partial charge is 0.768 e. The fourth-order valence-electron chi connectivity index (χ4n) is 5.33. The van der Waals surface area contributed by atoms with Crippen LogP contribution in [-0.4, -0.2) is 67.2 Å². The van der Waals surface area contributed by atoms with Crippen molar-refractivity contribution in [2.24, 2.45) is 4.99 Å². The van der Waals surface area contributed by atoms with Crippen LogP contribution >= 0.6 is 23.2 Å². The topological polar surface area (TPSA) is 271 Å². The van der Waals surface area contributed by atoms with E-state index in [1.165, 1.54) is 36.4 Å². The van der Waals surface area contributed by atoms with Crippen LogP contribution in [0.2, 0.25) is 10.0 Å². The Kier molecular flexibility index (Phi) is 9.83. The van der Waals surface area contributed by atoms with Gasteiger partial charge in [0.15, 0.2) is 32.6 Å². The predicted molar refractivity (Wildman–Crippen MR) is 190 cm³/mol. The lowest BCUT2D eigenvalue weighted by Gasteiger charge is -2.25. The first kappa shape index (κ1) is 38.1. The van der Waals surface area contributed by atoms with Gasteiger partial charge in [0.1, 0.15) is 32.8 Å². The maximum Gasteiger partial charge on any atom is 0.315 e. The van der Waals surface area contributed by atoms with Crippen molar-refractivity contribution in [3.8, 4) is 23.0 Å². The molecule has 286 valence electrons. The minimum atomic E-state index is -5.12. The van der Waals surface area contributed by atoms with E-state index < -0.39 is 70.6 Å². The third-order valence-electron chi connectivity index (χ3n) is 7.64. The van der Waals surface area contributed by atoms with E-state index in [1.807, 2.05) is 0 Å². The van der Waals surface area contributed by atoms with E-state index in [4.69, 9.17) is 32.4 Å². The summed E-state index contributed by atoms with van der Waals surface area (Å²) in [5, 5.41) is 7.34. The number of hydrogen-bond acceptors (Lipinski definition) is 16. The molecule has 0 radical (unpaired) electrons. The second kappa shape index (κ2) is 14.2. The molecule has 0 spiro atoms. The first-order valence-corrected chi connectivity index (χ1v) is 19.8. The maximum absolute atomic E-state index is 14.5. The average molecular weight is 857 g/mol. The first-order valence-electron chi connectivity index (χ1n) is 15.0. The van der Waals surface area contributed by atoms with Gasteiger partial charge in [-0.3, -0.25) is 18.3 Å². The zero-order chi connectivity index (χ0) is 39.6. The summed E-state index contributed by atoms with van der Waals surface area (Å²) >= 11 is 10.8. The van der Waals surface area contributed by atoms with Crippen molar-refractivity contribution in [1.82, 2.24) is 19.9 Å². The Morgan fingerprint density at radius 3 is 2.29 bits per heavy atom. The molecule has 18 nitrogen and oxygen atoms in total. The van der Waals surface area contributed by atoms with Crippen molar-refractivity contribution in [3.05, 3.63) is 75.8 Å². The van der Waals surface area contributed by atoms with Crippen molar-refractivity contribution >= 4 is 94.6 Å². The zero-order valence-corrected chi connectivity index (χ0v) is 31.0. The van der Waals surface area contributed by atoms with Crippen LogP contribution in [0, 0.1) is 11.9 Å². The van der Waals surface area contributed by atoms with Gasteiger partial charge in [-0.05, 0) is 66.5 Å². The summed E-state index contributed by atoms with van der Waals surface area (Å²) in [4.78, 5) is 17.9. The number of nitrogens with one attached hydrogen (secondary N) is 3. The van der Waals surface area contributed by atoms with Gasteiger partial charge >= 0.3 is 26.3 Å². The zero-order valence-electron chi connectivity index (χ0n) is 27.0. The van der Waals surface area contributed by atoms with E-state index in [0.717, 1.165) is 12.1 Å². The highest BCUT2D eigenvalue weighted by molar-refractivity contribution is 7.86. The Bertz CT molecular complexity index is 2870. The number of fused-ring (bicyclic) bond motifs is 4. The normalized spacial score (nSPS) is 14.1. The van der Waals surface area contributed by atoms with E-state index in [2.05, 4.69) is 40.9 Å². The highest BCUT2D eigenvalue weighted by Crippen LogP contribution is 2.54. The van der Waals surface area contributed by atoms with E-state index in [0.29, 0.717) is 5.69 Å². The van der Waals surface area contributed by atoms with Crippen LogP contribution in [0.3, 0.4) is 0 Å². The fraction of sp³-hybridized carbons (Fsp3) is 0.100. The van der Waals surface area contributed by atoms with Crippen LogP contribution in [0.15, 0.2) is 72.6 Å². The van der Waals surface area contributed by atoms with Gasteiger partial charge in [-0.1, -0.05) is 23.2 Å². The Balaban J connectivity index is 1.22. The lowest BCUT2D eigenvalue weighted by atomic mass is 10.1. The van der Waals surface area contributed by atoms with Crippen LogP contribution in [0.1, 0.15) is 6.92 Å². The number of aromatic nitrogens is 4. The molecular formula is C30H19Cl2F2N8O10S3-. The predicted octanol–water partition coefficient (Wildman–Crippen LogP) is 5.43.